The minimum Gasteiger partial charge on any atom is -0.379 e. The van der Waals surface area contributed by atoms with Crippen LogP contribution in [0.2, 0.25) is 0 Å². The van der Waals surface area contributed by atoms with Gasteiger partial charge in [-0.2, -0.15) is 0 Å². The fourth-order valence-electron chi connectivity index (χ4n) is 2.18. The molecule has 104 valence electrons. The molecule has 0 aliphatic carbocycles. The van der Waals surface area contributed by atoms with Crippen molar-refractivity contribution in [2.24, 2.45) is 11.7 Å². The first-order chi connectivity index (χ1) is 8.90. The molecule has 5 heteroatoms. The van der Waals surface area contributed by atoms with Crippen LogP contribution in [0.15, 0.2) is 28.7 Å². The molecular formula is C14H19BrN2O2. The number of hydrogen-bond acceptors (Lipinski definition) is 3. The molecule has 19 heavy (non-hydrogen) atoms. The standard InChI is InChI=1S/C14H19BrN2O2/c1-14(2,9-3-5-10(15)6-4-9)17-13(18)11-7-19-8-12(11)16/h3-6,11-12H,7-8,16H2,1-2H3,(H,17,18). The van der Waals surface area contributed by atoms with Gasteiger partial charge in [0.25, 0.3) is 0 Å². The van der Waals surface area contributed by atoms with E-state index >= 15 is 0 Å². The third kappa shape index (κ3) is 3.35. The molecule has 1 aromatic rings. The van der Waals surface area contributed by atoms with Gasteiger partial charge in [0.1, 0.15) is 0 Å². The van der Waals surface area contributed by atoms with Crippen molar-refractivity contribution in [1.82, 2.24) is 5.32 Å². The maximum Gasteiger partial charge on any atom is 0.227 e. The number of amides is 1. The highest BCUT2D eigenvalue weighted by Gasteiger charge is 2.34. The molecule has 0 bridgehead atoms. The second kappa shape index (κ2) is 5.61. The Labute approximate surface area is 121 Å². The van der Waals surface area contributed by atoms with Gasteiger partial charge in [-0.25, -0.2) is 0 Å². The summed E-state index contributed by atoms with van der Waals surface area (Å²) in [5.74, 6) is -0.298. The van der Waals surface area contributed by atoms with Crippen LogP contribution in [-0.4, -0.2) is 25.2 Å². The van der Waals surface area contributed by atoms with Gasteiger partial charge < -0.3 is 15.8 Å². The van der Waals surface area contributed by atoms with Crippen molar-refractivity contribution in [3.8, 4) is 0 Å². The summed E-state index contributed by atoms with van der Waals surface area (Å²) in [5.41, 5.74) is 6.49. The molecule has 1 aromatic carbocycles. The van der Waals surface area contributed by atoms with E-state index in [2.05, 4.69) is 21.2 Å². The quantitative estimate of drug-likeness (QED) is 0.889. The summed E-state index contributed by atoms with van der Waals surface area (Å²) in [6.07, 6.45) is 0. The van der Waals surface area contributed by atoms with Crippen molar-refractivity contribution in [2.75, 3.05) is 13.2 Å². The summed E-state index contributed by atoms with van der Waals surface area (Å²) in [7, 11) is 0. The van der Waals surface area contributed by atoms with Crippen molar-refractivity contribution >= 4 is 21.8 Å². The molecule has 2 atom stereocenters. The summed E-state index contributed by atoms with van der Waals surface area (Å²) < 4.78 is 6.25. The van der Waals surface area contributed by atoms with Crippen molar-refractivity contribution in [1.29, 1.82) is 0 Å². The molecule has 2 unspecified atom stereocenters. The average molecular weight is 327 g/mol. The lowest BCUT2D eigenvalue weighted by Gasteiger charge is -2.29. The Bertz CT molecular complexity index is 459. The van der Waals surface area contributed by atoms with Gasteiger partial charge >= 0.3 is 0 Å². The lowest BCUT2D eigenvalue weighted by atomic mass is 9.92. The smallest absolute Gasteiger partial charge is 0.227 e. The molecule has 4 nitrogen and oxygen atoms in total. The van der Waals surface area contributed by atoms with Crippen molar-refractivity contribution in [2.45, 2.75) is 25.4 Å². The predicted molar refractivity (Wildman–Crippen MR) is 77.6 cm³/mol. The minimum absolute atomic E-state index is 0.0436. The van der Waals surface area contributed by atoms with Crippen LogP contribution < -0.4 is 11.1 Å². The number of nitrogens with two attached hydrogens (primary N) is 1. The van der Waals surface area contributed by atoms with Gasteiger partial charge in [-0.3, -0.25) is 4.79 Å². The minimum atomic E-state index is -0.430. The maximum atomic E-state index is 12.2. The second-order valence-electron chi connectivity index (χ2n) is 5.43. The average Bonchev–Trinajstić information content (AvgIpc) is 2.75. The van der Waals surface area contributed by atoms with E-state index in [9.17, 15) is 4.79 Å². The Morgan fingerprint density at radius 1 is 1.37 bits per heavy atom. The molecule has 3 N–H and O–H groups in total. The van der Waals surface area contributed by atoms with Crippen LogP contribution in [0.3, 0.4) is 0 Å². The Balaban J connectivity index is 2.08. The van der Waals surface area contributed by atoms with Crippen LogP contribution >= 0.6 is 15.9 Å². The lowest BCUT2D eigenvalue weighted by Crippen LogP contribution is -2.48. The first-order valence-corrected chi connectivity index (χ1v) is 7.11. The Hall–Kier alpha value is -0.910. The van der Waals surface area contributed by atoms with E-state index in [0.29, 0.717) is 13.2 Å². The molecule has 0 aromatic heterocycles. The van der Waals surface area contributed by atoms with E-state index < -0.39 is 5.54 Å². The zero-order chi connectivity index (χ0) is 14.0. The third-order valence-electron chi connectivity index (χ3n) is 3.46. The van der Waals surface area contributed by atoms with Gasteiger partial charge in [-0.05, 0) is 31.5 Å². The largest absolute Gasteiger partial charge is 0.379 e. The molecule has 1 aliphatic heterocycles. The first-order valence-electron chi connectivity index (χ1n) is 6.31. The van der Waals surface area contributed by atoms with Crippen molar-refractivity contribution in [3.05, 3.63) is 34.3 Å². The second-order valence-corrected chi connectivity index (χ2v) is 6.34. The summed E-state index contributed by atoms with van der Waals surface area (Å²) in [6.45, 7) is 4.82. The van der Waals surface area contributed by atoms with Crippen LogP contribution in [0, 0.1) is 5.92 Å². The highest BCUT2D eigenvalue weighted by molar-refractivity contribution is 9.10. The lowest BCUT2D eigenvalue weighted by molar-refractivity contribution is -0.127. The van der Waals surface area contributed by atoms with E-state index in [1.165, 1.54) is 0 Å². The van der Waals surface area contributed by atoms with Crippen LogP contribution in [0.1, 0.15) is 19.4 Å². The number of nitrogens with one attached hydrogen (secondary N) is 1. The molecular weight excluding hydrogens is 308 g/mol. The molecule has 1 fully saturated rings. The number of hydrogen-bond donors (Lipinski definition) is 2. The van der Waals surface area contributed by atoms with Gasteiger partial charge in [-0.1, -0.05) is 28.1 Å². The van der Waals surface area contributed by atoms with E-state index in [-0.39, 0.29) is 17.9 Å². The maximum absolute atomic E-state index is 12.2. The van der Waals surface area contributed by atoms with E-state index in [1.807, 2.05) is 38.1 Å². The van der Waals surface area contributed by atoms with Crippen molar-refractivity contribution in [3.63, 3.8) is 0 Å². The number of carbonyl (C=O) groups excluding carboxylic acids is 1. The SMILES string of the molecule is CC(C)(NC(=O)C1COCC1N)c1ccc(Br)cc1. The van der Waals surface area contributed by atoms with Gasteiger partial charge in [-0.15, -0.1) is 0 Å². The number of rotatable bonds is 3. The number of carbonyl (C=O) groups is 1. The Kier molecular flexibility index (Phi) is 4.28. The highest BCUT2D eigenvalue weighted by atomic mass is 79.9. The molecule has 1 saturated heterocycles. The Morgan fingerprint density at radius 2 is 2.00 bits per heavy atom. The van der Waals surface area contributed by atoms with Crippen LogP contribution in [-0.2, 0) is 15.1 Å². The number of halogens is 1. The van der Waals surface area contributed by atoms with Crippen LogP contribution in [0.5, 0.6) is 0 Å². The first kappa shape index (κ1) is 14.5. The molecule has 0 radical (unpaired) electrons. The van der Waals surface area contributed by atoms with Crippen molar-refractivity contribution < 1.29 is 9.53 Å². The zero-order valence-electron chi connectivity index (χ0n) is 11.2. The van der Waals surface area contributed by atoms with Gasteiger partial charge in [0.05, 0.1) is 24.7 Å². The van der Waals surface area contributed by atoms with E-state index in [4.69, 9.17) is 10.5 Å². The molecule has 2 rings (SSSR count). The summed E-state index contributed by atoms with van der Waals surface area (Å²) in [4.78, 5) is 12.2. The van der Waals surface area contributed by atoms with E-state index in [0.717, 1.165) is 10.0 Å². The van der Waals surface area contributed by atoms with Gasteiger partial charge in [0.15, 0.2) is 0 Å². The van der Waals surface area contributed by atoms with Gasteiger partial charge in [0.2, 0.25) is 5.91 Å². The molecule has 1 amide bonds. The van der Waals surface area contributed by atoms with E-state index in [1.54, 1.807) is 0 Å². The fraction of sp³-hybridized carbons (Fsp3) is 0.500. The summed E-state index contributed by atoms with van der Waals surface area (Å²) in [5, 5.41) is 3.05. The highest BCUT2D eigenvalue weighted by Crippen LogP contribution is 2.23. The predicted octanol–water partition coefficient (Wildman–Crippen LogP) is 1.77. The molecule has 0 spiro atoms. The molecule has 0 saturated carbocycles. The number of benzene rings is 1. The van der Waals surface area contributed by atoms with Crippen LogP contribution in [0.25, 0.3) is 0 Å². The van der Waals surface area contributed by atoms with Crippen LogP contribution in [0.4, 0.5) is 0 Å². The Morgan fingerprint density at radius 3 is 2.53 bits per heavy atom. The number of ether oxygens (including phenoxy) is 1. The topological polar surface area (TPSA) is 64.3 Å². The summed E-state index contributed by atoms with van der Waals surface area (Å²) >= 11 is 3.40. The normalized spacial score (nSPS) is 23.4. The van der Waals surface area contributed by atoms with Gasteiger partial charge in [0, 0.05) is 10.5 Å². The third-order valence-corrected chi connectivity index (χ3v) is 3.99. The molecule has 1 heterocycles. The molecule has 1 aliphatic rings. The zero-order valence-corrected chi connectivity index (χ0v) is 12.7. The summed E-state index contributed by atoms with van der Waals surface area (Å²) in [6, 6.07) is 7.72. The fourth-order valence-corrected chi connectivity index (χ4v) is 2.44. The monoisotopic (exact) mass is 326 g/mol.